The Hall–Kier alpha value is -0.420. The first-order valence-electron chi connectivity index (χ1n) is 5.77. The summed E-state index contributed by atoms with van der Waals surface area (Å²) in [7, 11) is 0. The third kappa shape index (κ3) is 3.87. The van der Waals surface area contributed by atoms with E-state index in [0.29, 0.717) is 5.92 Å². The average molecular weight is 242 g/mol. The zero-order valence-electron chi connectivity index (χ0n) is 10.3. The Labute approximate surface area is 102 Å². The molecule has 0 fully saturated rings. The smallest absolute Gasteiger partial charge is 0.0767 e. The van der Waals surface area contributed by atoms with Crippen molar-refractivity contribution in [2.45, 2.75) is 39.3 Å². The lowest BCUT2D eigenvalue weighted by molar-refractivity contribution is 0.00357. The highest BCUT2D eigenvalue weighted by molar-refractivity contribution is 7.07. The minimum Gasteiger partial charge on any atom is -0.377 e. The van der Waals surface area contributed by atoms with Gasteiger partial charge in [0.15, 0.2) is 0 Å². The number of thiophene rings is 1. The van der Waals surface area contributed by atoms with E-state index in [1.165, 1.54) is 5.56 Å². The highest BCUT2D eigenvalue weighted by Gasteiger charge is 2.24. The van der Waals surface area contributed by atoms with Crippen LogP contribution in [0, 0.1) is 5.92 Å². The van der Waals surface area contributed by atoms with E-state index in [9.17, 15) is 0 Å². The van der Waals surface area contributed by atoms with E-state index in [1.54, 1.807) is 11.3 Å². The standard InChI is InChI=1S/C12H22N2OS/c1-4-15-12(9(2)3)11(14-13)7-10-5-6-16-8-10/h5-6,8-9,11-12,14H,4,7,13H2,1-3H3. The van der Waals surface area contributed by atoms with Gasteiger partial charge in [0.05, 0.1) is 12.1 Å². The molecule has 0 spiro atoms. The quantitative estimate of drug-likeness (QED) is 0.569. The Morgan fingerprint density at radius 3 is 2.69 bits per heavy atom. The summed E-state index contributed by atoms with van der Waals surface area (Å²) in [4.78, 5) is 0. The van der Waals surface area contributed by atoms with Crippen LogP contribution in [0.15, 0.2) is 16.8 Å². The van der Waals surface area contributed by atoms with Crippen molar-refractivity contribution in [1.82, 2.24) is 5.43 Å². The van der Waals surface area contributed by atoms with Crippen LogP contribution in [-0.2, 0) is 11.2 Å². The molecule has 0 aliphatic heterocycles. The summed E-state index contributed by atoms with van der Waals surface area (Å²) < 4.78 is 5.77. The van der Waals surface area contributed by atoms with Gasteiger partial charge in [0.2, 0.25) is 0 Å². The van der Waals surface area contributed by atoms with E-state index < -0.39 is 0 Å². The van der Waals surface area contributed by atoms with Crippen LogP contribution < -0.4 is 11.3 Å². The molecule has 1 aromatic rings. The SMILES string of the molecule is CCOC(C(C)C)C(Cc1ccsc1)NN. The maximum atomic E-state index is 5.77. The third-order valence-electron chi connectivity index (χ3n) is 2.66. The fraction of sp³-hybridized carbons (Fsp3) is 0.667. The molecule has 1 rings (SSSR count). The monoisotopic (exact) mass is 242 g/mol. The Bertz CT molecular complexity index is 275. The molecule has 92 valence electrons. The summed E-state index contributed by atoms with van der Waals surface area (Å²) in [6.45, 7) is 7.08. The van der Waals surface area contributed by atoms with Gasteiger partial charge in [-0.2, -0.15) is 11.3 Å². The van der Waals surface area contributed by atoms with Gasteiger partial charge in [0, 0.05) is 6.61 Å². The van der Waals surface area contributed by atoms with Gasteiger partial charge in [-0.3, -0.25) is 11.3 Å². The molecule has 0 radical (unpaired) electrons. The van der Waals surface area contributed by atoms with Gasteiger partial charge in [-0.25, -0.2) is 0 Å². The van der Waals surface area contributed by atoms with Crippen LogP contribution in [0.2, 0.25) is 0 Å². The van der Waals surface area contributed by atoms with Crippen molar-refractivity contribution in [2.75, 3.05) is 6.61 Å². The summed E-state index contributed by atoms with van der Waals surface area (Å²) in [5, 5.41) is 4.25. The molecule has 0 aliphatic rings. The molecule has 4 heteroatoms. The molecule has 3 nitrogen and oxygen atoms in total. The van der Waals surface area contributed by atoms with Gasteiger partial charge in [0.25, 0.3) is 0 Å². The minimum absolute atomic E-state index is 0.162. The topological polar surface area (TPSA) is 47.3 Å². The van der Waals surface area contributed by atoms with Crippen LogP contribution in [0.3, 0.4) is 0 Å². The second-order valence-corrected chi connectivity index (χ2v) is 5.05. The van der Waals surface area contributed by atoms with E-state index in [-0.39, 0.29) is 12.1 Å². The first-order chi connectivity index (χ1) is 7.69. The maximum absolute atomic E-state index is 5.77. The molecule has 1 heterocycles. The Balaban J connectivity index is 2.63. The van der Waals surface area contributed by atoms with E-state index in [2.05, 4.69) is 36.1 Å². The molecule has 2 atom stereocenters. The molecular formula is C12H22N2OS. The van der Waals surface area contributed by atoms with Gasteiger partial charge >= 0.3 is 0 Å². The number of ether oxygens (including phenoxy) is 1. The summed E-state index contributed by atoms with van der Waals surface area (Å²) >= 11 is 1.72. The van der Waals surface area contributed by atoms with Crippen molar-refractivity contribution in [3.8, 4) is 0 Å². The lowest BCUT2D eigenvalue weighted by Gasteiger charge is -2.29. The number of hydrazine groups is 1. The van der Waals surface area contributed by atoms with Crippen molar-refractivity contribution in [3.63, 3.8) is 0 Å². The van der Waals surface area contributed by atoms with Crippen LogP contribution in [0.25, 0.3) is 0 Å². The molecule has 0 aliphatic carbocycles. The van der Waals surface area contributed by atoms with Crippen LogP contribution in [0.4, 0.5) is 0 Å². The fourth-order valence-corrected chi connectivity index (χ4v) is 2.58. The third-order valence-corrected chi connectivity index (χ3v) is 3.39. The van der Waals surface area contributed by atoms with Crippen molar-refractivity contribution in [3.05, 3.63) is 22.4 Å². The Kier molecular flexibility index (Phi) is 5.98. The number of rotatable bonds is 7. The molecule has 0 saturated carbocycles. The van der Waals surface area contributed by atoms with E-state index in [1.807, 2.05) is 6.92 Å². The second-order valence-electron chi connectivity index (χ2n) is 4.27. The molecular weight excluding hydrogens is 220 g/mol. The predicted octanol–water partition coefficient (Wildman–Crippen LogP) is 2.18. The van der Waals surface area contributed by atoms with Gasteiger partial charge in [-0.1, -0.05) is 13.8 Å². The maximum Gasteiger partial charge on any atom is 0.0767 e. The van der Waals surface area contributed by atoms with Crippen LogP contribution in [-0.4, -0.2) is 18.8 Å². The van der Waals surface area contributed by atoms with Gasteiger partial charge < -0.3 is 4.74 Å². The fourth-order valence-electron chi connectivity index (χ4n) is 1.90. The highest BCUT2D eigenvalue weighted by atomic mass is 32.1. The van der Waals surface area contributed by atoms with Crippen LogP contribution in [0.5, 0.6) is 0 Å². The van der Waals surface area contributed by atoms with Crippen molar-refractivity contribution in [2.24, 2.45) is 11.8 Å². The van der Waals surface area contributed by atoms with Gasteiger partial charge in [-0.15, -0.1) is 0 Å². The number of hydrogen-bond donors (Lipinski definition) is 2. The number of hydrogen-bond acceptors (Lipinski definition) is 4. The molecule has 16 heavy (non-hydrogen) atoms. The first kappa shape index (κ1) is 13.6. The average Bonchev–Trinajstić information content (AvgIpc) is 2.75. The van der Waals surface area contributed by atoms with Crippen molar-refractivity contribution >= 4 is 11.3 Å². The normalized spacial score (nSPS) is 15.3. The zero-order valence-corrected chi connectivity index (χ0v) is 11.1. The van der Waals surface area contributed by atoms with E-state index in [4.69, 9.17) is 10.6 Å². The van der Waals surface area contributed by atoms with E-state index in [0.717, 1.165) is 13.0 Å². The van der Waals surface area contributed by atoms with Gasteiger partial charge in [-0.05, 0) is 41.7 Å². The highest BCUT2D eigenvalue weighted by Crippen LogP contribution is 2.16. The van der Waals surface area contributed by atoms with Crippen LogP contribution in [0.1, 0.15) is 26.3 Å². The molecule has 1 aromatic heterocycles. The molecule has 0 bridgehead atoms. The summed E-state index contributed by atoms with van der Waals surface area (Å²) in [5.74, 6) is 6.09. The Morgan fingerprint density at radius 2 is 2.25 bits per heavy atom. The zero-order chi connectivity index (χ0) is 12.0. The summed E-state index contributed by atoms with van der Waals surface area (Å²) in [6, 6.07) is 2.31. The number of nitrogens with two attached hydrogens (primary N) is 1. The Morgan fingerprint density at radius 1 is 1.50 bits per heavy atom. The molecule has 0 aromatic carbocycles. The van der Waals surface area contributed by atoms with Crippen molar-refractivity contribution < 1.29 is 4.74 Å². The molecule has 2 unspecified atom stereocenters. The second kappa shape index (κ2) is 7.01. The van der Waals surface area contributed by atoms with E-state index >= 15 is 0 Å². The van der Waals surface area contributed by atoms with Crippen LogP contribution >= 0.6 is 11.3 Å². The lowest BCUT2D eigenvalue weighted by atomic mass is 9.95. The summed E-state index contributed by atoms with van der Waals surface area (Å²) in [6.07, 6.45) is 1.08. The first-order valence-corrected chi connectivity index (χ1v) is 6.72. The lowest BCUT2D eigenvalue weighted by Crippen LogP contribution is -2.48. The molecule has 3 N–H and O–H groups in total. The minimum atomic E-state index is 0.162. The summed E-state index contributed by atoms with van der Waals surface area (Å²) in [5.41, 5.74) is 4.20. The molecule has 0 amide bonds. The van der Waals surface area contributed by atoms with Crippen molar-refractivity contribution in [1.29, 1.82) is 0 Å². The number of nitrogens with one attached hydrogen (secondary N) is 1. The largest absolute Gasteiger partial charge is 0.377 e. The molecule has 0 saturated heterocycles. The van der Waals surface area contributed by atoms with Gasteiger partial charge in [0.1, 0.15) is 0 Å². The predicted molar refractivity (Wildman–Crippen MR) is 69.4 cm³/mol.